The minimum atomic E-state index is -0.668. The average molecular weight is 260 g/mol. The van der Waals surface area contributed by atoms with Gasteiger partial charge in [0.05, 0.1) is 0 Å². The van der Waals surface area contributed by atoms with Crippen LogP contribution in [-0.2, 0) is 4.79 Å². The van der Waals surface area contributed by atoms with Gasteiger partial charge in [-0.25, -0.2) is 5.43 Å². The third kappa shape index (κ3) is 4.15. The van der Waals surface area contributed by atoms with Crippen LogP contribution in [0.5, 0.6) is 0 Å². The molecule has 0 bridgehead atoms. The van der Waals surface area contributed by atoms with E-state index in [0.717, 1.165) is 0 Å². The Morgan fingerprint density at radius 3 is 2.53 bits per heavy atom. The van der Waals surface area contributed by atoms with Crippen LogP contribution in [0, 0.1) is 0 Å². The van der Waals surface area contributed by atoms with Gasteiger partial charge >= 0.3 is 0 Å². The molecule has 17 heavy (non-hydrogen) atoms. The molecule has 1 atom stereocenters. The number of halogens is 1. The zero-order valence-corrected chi connectivity index (χ0v) is 11.6. The Bertz CT molecular complexity index is 326. The van der Waals surface area contributed by atoms with E-state index in [9.17, 15) is 4.79 Å². The van der Waals surface area contributed by atoms with E-state index in [4.69, 9.17) is 0 Å². The first kappa shape index (κ1) is 16.2. The largest absolute Gasteiger partial charge is 0.352 e. The van der Waals surface area contributed by atoms with Crippen molar-refractivity contribution in [1.29, 1.82) is 0 Å². The highest BCUT2D eigenvalue weighted by atomic mass is 35.5. The molecule has 3 N–H and O–H groups in total. The van der Waals surface area contributed by atoms with Gasteiger partial charge in [-0.05, 0) is 34.2 Å². The fourth-order valence-electron chi connectivity index (χ4n) is 1.66. The summed E-state index contributed by atoms with van der Waals surface area (Å²) in [6.45, 7) is 5.94. The Balaban J connectivity index is 0.00000256. The molecule has 4 nitrogen and oxygen atoms in total. The first-order chi connectivity index (χ1) is 7.50. The van der Waals surface area contributed by atoms with Crippen LogP contribution < -0.4 is 16.2 Å². The van der Waals surface area contributed by atoms with Crippen molar-refractivity contribution in [2.24, 2.45) is 0 Å². The first-order valence-corrected chi connectivity index (χ1v) is 5.61. The fraction of sp³-hybridized carbons (Fsp3) is 0.583. The van der Waals surface area contributed by atoms with Crippen molar-refractivity contribution < 1.29 is 4.79 Å². The minimum Gasteiger partial charge on any atom is -0.352 e. The molecule has 0 aromatic heterocycles. The molecule has 0 radical (unpaired) electrons. The number of carbonyl (C=O) groups excluding carboxylic acids is 1. The number of hydrogen-bond donors (Lipinski definition) is 3. The van der Waals surface area contributed by atoms with Crippen molar-refractivity contribution in [1.82, 2.24) is 16.2 Å². The fourth-order valence-corrected chi connectivity index (χ4v) is 1.66. The number of rotatable bonds is 4. The number of nitrogens with one attached hydrogen (secondary N) is 3. The second-order valence-electron chi connectivity index (χ2n) is 4.46. The third-order valence-corrected chi connectivity index (χ3v) is 2.55. The van der Waals surface area contributed by atoms with E-state index in [-0.39, 0.29) is 24.4 Å². The summed E-state index contributed by atoms with van der Waals surface area (Å²) in [5.74, 6) is -0.00292. The van der Waals surface area contributed by atoms with Crippen LogP contribution in [0.25, 0.3) is 0 Å². The molecule has 1 amide bonds. The van der Waals surface area contributed by atoms with E-state index in [1.807, 2.05) is 32.9 Å². The van der Waals surface area contributed by atoms with Gasteiger partial charge in [-0.15, -0.1) is 12.4 Å². The van der Waals surface area contributed by atoms with Crippen molar-refractivity contribution in [2.45, 2.75) is 38.8 Å². The molecular formula is C12H22ClN3O. The van der Waals surface area contributed by atoms with Gasteiger partial charge < -0.3 is 5.32 Å². The SMILES string of the molecule is CNNC1(C(=O)NC(C)C)C=CC(C)=CC1.Cl. The number of hydrazine groups is 1. The van der Waals surface area contributed by atoms with Crippen LogP contribution in [-0.4, -0.2) is 24.5 Å². The lowest BCUT2D eigenvalue weighted by Crippen LogP contribution is -2.60. The van der Waals surface area contributed by atoms with Crippen LogP contribution in [0.3, 0.4) is 0 Å². The van der Waals surface area contributed by atoms with Gasteiger partial charge in [0.25, 0.3) is 0 Å². The molecule has 0 saturated heterocycles. The van der Waals surface area contributed by atoms with Gasteiger partial charge in [0.15, 0.2) is 0 Å². The lowest BCUT2D eigenvalue weighted by molar-refractivity contribution is -0.126. The van der Waals surface area contributed by atoms with E-state index in [1.165, 1.54) is 5.57 Å². The van der Waals surface area contributed by atoms with Crippen LogP contribution >= 0.6 is 12.4 Å². The van der Waals surface area contributed by atoms with Gasteiger partial charge in [-0.1, -0.05) is 23.8 Å². The van der Waals surface area contributed by atoms with Crippen LogP contribution in [0.2, 0.25) is 0 Å². The Labute approximate surface area is 109 Å². The molecule has 5 heteroatoms. The zero-order valence-electron chi connectivity index (χ0n) is 10.8. The maximum Gasteiger partial charge on any atom is 0.246 e. The highest BCUT2D eigenvalue weighted by Gasteiger charge is 2.35. The summed E-state index contributed by atoms with van der Waals surface area (Å²) in [5.41, 5.74) is 6.40. The van der Waals surface area contributed by atoms with E-state index in [0.29, 0.717) is 6.42 Å². The molecule has 0 aromatic rings. The average Bonchev–Trinajstić information content (AvgIpc) is 2.21. The summed E-state index contributed by atoms with van der Waals surface area (Å²) in [6, 6.07) is 0.142. The molecule has 0 aliphatic heterocycles. The zero-order chi connectivity index (χ0) is 12.2. The minimum absolute atomic E-state index is 0. The summed E-state index contributed by atoms with van der Waals surface area (Å²) in [7, 11) is 1.77. The predicted octanol–water partition coefficient (Wildman–Crippen LogP) is 1.30. The monoisotopic (exact) mass is 259 g/mol. The molecule has 0 fully saturated rings. The number of allylic oxidation sites excluding steroid dienone is 2. The molecule has 1 rings (SSSR count). The highest BCUT2D eigenvalue weighted by Crippen LogP contribution is 2.20. The highest BCUT2D eigenvalue weighted by molar-refractivity contribution is 5.89. The Morgan fingerprint density at radius 2 is 2.12 bits per heavy atom. The van der Waals surface area contributed by atoms with Crippen molar-refractivity contribution in [2.75, 3.05) is 7.05 Å². The Kier molecular flexibility index (Phi) is 6.45. The van der Waals surface area contributed by atoms with Gasteiger partial charge in [0, 0.05) is 6.04 Å². The van der Waals surface area contributed by atoms with Crippen molar-refractivity contribution >= 4 is 18.3 Å². The Hall–Kier alpha value is -0.840. The summed E-state index contributed by atoms with van der Waals surface area (Å²) >= 11 is 0. The smallest absolute Gasteiger partial charge is 0.246 e. The predicted molar refractivity (Wildman–Crippen MR) is 73.0 cm³/mol. The van der Waals surface area contributed by atoms with Crippen LogP contribution in [0.15, 0.2) is 23.8 Å². The topological polar surface area (TPSA) is 53.2 Å². The number of amides is 1. The second kappa shape index (κ2) is 6.79. The van der Waals surface area contributed by atoms with E-state index >= 15 is 0 Å². The number of carbonyl (C=O) groups is 1. The molecular weight excluding hydrogens is 238 g/mol. The van der Waals surface area contributed by atoms with Crippen LogP contribution in [0.1, 0.15) is 27.2 Å². The molecule has 98 valence electrons. The maximum atomic E-state index is 12.1. The summed E-state index contributed by atoms with van der Waals surface area (Å²) in [6.07, 6.45) is 6.60. The van der Waals surface area contributed by atoms with Gasteiger partial charge in [0.1, 0.15) is 5.54 Å². The molecule has 1 aliphatic carbocycles. The van der Waals surface area contributed by atoms with Gasteiger partial charge in [-0.2, -0.15) is 0 Å². The van der Waals surface area contributed by atoms with Crippen LogP contribution in [0.4, 0.5) is 0 Å². The number of hydrogen-bond acceptors (Lipinski definition) is 3. The lowest BCUT2D eigenvalue weighted by Gasteiger charge is -2.32. The van der Waals surface area contributed by atoms with Gasteiger partial charge in [0.2, 0.25) is 5.91 Å². The normalized spacial score (nSPS) is 23.0. The molecule has 0 aromatic carbocycles. The molecule has 1 aliphatic rings. The second-order valence-corrected chi connectivity index (χ2v) is 4.46. The van der Waals surface area contributed by atoms with Gasteiger partial charge in [-0.3, -0.25) is 10.2 Å². The summed E-state index contributed by atoms with van der Waals surface area (Å²) < 4.78 is 0. The first-order valence-electron chi connectivity index (χ1n) is 5.61. The van der Waals surface area contributed by atoms with E-state index in [1.54, 1.807) is 7.05 Å². The maximum absolute atomic E-state index is 12.1. The summed E-state index contributed by atoms with van der Waals surface area (Å²) in [5, 5.41) is 2.93. The third-order valence-electron chi connectivity index (χ3n) is 2.55. The van der Waals surface area contributed by atoms with E-state index < -0.39 is 5.54 Å². The van der Waals surface area contributed by atoms with E-state index in [2.05, 4.69) is 22.2 Å². The lowest BCUT2D eigenvalue weighted by atomic mass is 9.88. The molecule has 0 heterocycles. The Morgan fingerprint density at radius 1 is 1.47 bits per heavy atom. The van der Waals surface area contributed by atoms with Crippen molar-refractivity contribution in [3.05, 3.63) is 23.8 Å². The van der Waals surface area contributed by atoms with Crippen molar-refractivity contribution in [3.63, 3.8) is 0 Å². The molecule has 1 unspecified atom stereocenters. The quantitative estimate of drug-likeness (QED) is 0.667. The summed E-state index contributed by atoms with van der Waals surface area (Å²) in [4.78, 5) is 12.1. The standard InChI is InChI=1S/C12H21N3O.ClH/c1-9(2)14-11(16)12(15-13-4)7-5-10(3)6-8-12;/h5-7,9,13,15H,8H2,1-4H3,(H,14,16);1H. The molecule has 0 spiro atoms. The molecule has 0 saturated carbocycles. The van der Waals surface area contributed by atoms with Crippen molar-refractivity contribution in [3.8, 4) is 0 Å².